The van der Waals surface area contributed by atoms with E-state index in [1.54, 1.807) is 0 Å². The van der Waals surface area contributed by atoms with Crippen LogP contribution in [-0.2, 0) is 4.79 Å². The molecule has 128 valence electrons. The van der Waals surface area contributed by atoms with Crippen LogP contribution in [0.3, 0.4) is 0 Å². The molecule has 0 saturated carbocycles. The van der Waals surface area contributed by atoms with E-state index in [2.05, 4.69) is 36.3 Å². The molecule has 1 amide bonds. The molecule has 0 aliphatic carbocycles. The average molecular weight is 309 g/mol. The number of carbonyl (C=O) groups excluding carboxylic acids is 1. The van der Waals surface area contributed by atoms with Crippen molar-refractivity contribution in [3.63, 3.8) is 0 Å². The lowest BCUT2D eigenvalue weighted by atomic mass is 9.84. The van der Waals surface area contributed by atoms with Gasteiger partial charge >= 0.3 is 0 Å². The van der Waals surface area contributed by atoms with E-state index in [0.717, 1.165) is 25.6 Å². The normalized spacial score (nSPS) is 27.3. The zero-order valence-corrected chi connectivity index (χ0v) is 14.7. The van der Waals surface area contributed by atoms with E-state index in [-0.39, 0.29) is 11.9 Å². The number of rotatable bonds is 6. The summed E-state index contributed by atoms with van der Waals surface area (Å²) in [5.74, 6) is 2.26. The molecule has 2 N–H and O–H groups in total. The third-order valence-electron chi connectivity index (χ3n) is 5.38. The Morgan fingerprint density at radius 2 is 2.00 bits per heavy atom. The summed E-state index contributed by atoms with van der Waals surface area (Å²) in [6, 6.07) is 0.262. The standard InChI is InChI=1S/C18H35N3O/c1-14-5-4-10-21(12-14)13-16(3)20-18(22)11-15(2)17-6-8-19-9-7-17/h14-17,19H,4-13H2,1-3H3,(H,20,22). The summed E-state index contributed by atoms with van der Waals surface area (Å²) < 4.78 is 0. The maximum Gasteiger partial charge on any atom is 0.220 e. The van der Waals surface area contributed by atoms with Crippen LogP contribution in [0.25, 0.3) is 0 Å². The van der Waals surface area contributed by atoms with Gasteiger partial charge in [0.2, 0.25) is 5.91 Å². The van der Waals surface area contributed by atoms with Crippen molar-refractivity contribution in [1.29, 1.82) is 0 Å². The summed E-state index contributed by atoms with van der Waals surface area (Å²) in [4.78, 5) is 14.8. The topological polar surface area (TPSA) is 44.4 Å². The fourth-order valence-electron chi connectivity index (χ4n) is 4.09. The molecule has 0 aromatic rings. The van der Waals surface area contributed by atoms with Gasteiger partial charge in [0, 0.05) is 25.6 Å². The first-order valence-electron chi connectivity index (χ1n) is 9.27. The summed E-state index contributed by atoms with van der Waals surface area (Å²) in [5.41, 5.74) is 0. The minimum Gasteiger partial charge on any atom is -0.352 e. The number of amides is 1. The van der Waals surface area contributed by atoms with Crippen LogP contribution in [0.4, 0.5) is 0 Å². The van der Waals surface area contributed by atoms with E-state index in [9.17, 15) is 4.79 Å². The fraction of sp³-hybridized carbons (Fsp3) is 0.944. The highest BCUT2D eigenvalue weighted by Crippen LogP contribution is 2.24. The van der Waals surface area contributed by atoms with Crippen molar-refractivity contribution in [3.05, 3.63) is 0 Å². The smallest absolute Gasteiger partial charge is 0.220 e. The Hall–Kier alpha value is -0.610. The summed E-state index contributed by atoms with van der Waals surface area (Å²) in [5, 5.41) is 6.61. The second-order valence-corrected chi connectivity index (χ2v) is 7.74. The van der Waals surface area contributed by atoms with Crippen LogP contribution >= 0.6 is 0 Å². The Labute approximate surface area is 136 Å². The molecule has 0 spiro atoms. The quantitative estimate of drug-likeness (QED) is 0.791. The molecule has 0 aromatic heterocycles. The zero-order valence-electron chi connectivity index (χ0n) is 14.7. The van der Waals surface area contributed by atoms with Crippen LogP contribution in [0.2, 0.25) is 0 Å². The van der Waals surface area contributed by atoms with E-state index in [0.29, 0.717) is 18.3 Å². The highest BCUT2D eigenvalue weighted by atomic mass is 16.1. The molecule has 0 aromatic carbocycles. The largest absolute Gasteiger partial charge is 0.352 e. The molecule has 3 atom stereocenters. The Morgan fingerprint density at radius 1 is 1.27 bits per heavy atom. The molecule has 2 aliphatic heterocycles. The first-order valence-corrected chi connectivity index (χ1v) is 9.27. The Balaban J connectivity index is 1.66. The minimum absolute atomic E-state index is 0.239. The Morgan fingerprint density at radius 3 is 2.68 bits per heavy atom. The number of nitrogens with zero attached hydrogens (tertiary/aromatic N) is 1. The van der Waals surface area contributed by atoms with Gasteiger partial charge in [-0.25, -0.2) is 0 Å². The highest BCUT2D eigenvalue weighted by Gasteiger charge is 2.23. The van der Waals surface area contributed by atoms with Gasteiger partial charge in [0.25, 0.3) is 0 Å². The van der Waals surface area contributed by atoms with Gasteiger partial charge < -0.3 is 15.5 Å². The first kappa shape index (κ1) is 17.7. The Kier molecular flexibility index (Phi) is 7.16. The SMILES string of the molecule is CC1CCCN(CC(C)NC(=O)CC(C)C2CCNCC2)C1. The predicted molar refractivity (Wildman–Crippen MR) is 91.8 cm³/mol. The molecule has 2 heterocycles. The average Bonchev–Trinajstić information content (AvgIpc) is 2.47. The second kappa shape index (κ2) is 8.88. The molecule has 4 nitrogen and oxygen atoms in total. The van der Waals surface area contributed by atoms with Gasteiger partial charge in [-0.3, -0.25) is 4.79 Å². The molecule has 2 saturated heterocycles. The summed E-state index contributed by atoms with van der Waals surface area (Å²) in [6.45, 7) is 12.3. The van der Waals surface area contributed by atoms with Crippen molar-refractivity contribution in [2.75, 3.05) is 32.7 Å². The minimum atomic E-state index is 0.239. The molecule has 22 heavy (non-hydrogen) atoms. The van der Waals surface area contributed by atoms with Crippen LogP contribution in [0.1, 0.15) is 52.9 Å². The van der Waals surface area contributed by atoms with Crippen LogP contribution in [-0.4, -0.2) is 49.6 Å². The molecule has 2 aliphatic rings. The van der Waals surface area contributed by atoms with Crippen molar-refractivity contribution in [1.82, 2.24) is 15.5 Å². The number of hydrogen-bond donors (Lipinski definition) is 2. The van der Waals surface area contributed by atoms with Gasteiger partial charge in [0.1, 0.15) is 0 Å². The maximum absolute atomic E-state index is 12.3. The summed E-state index contributed by atoms with van der Waals surface area (Å²) >= 11 is 0. The van der Waals surface area contributed by atoms with Gasteiger partial charge in [-0.15, -0.1) is 0 Å². The highest BCUT2D eigenvalue weighted by molar-refractivity contribution is 5.76. The van der Waals surface area contributed by atoms with Gasteiger partial charge in [0.05, 0.1) is 0 Å². The van der Waals surface area contributed by atoms with E-state index in [4.69, 9.17) is 0 Å². The van der Waals surface area contributed by atoms with Crippen LogP contribution in [0, 0.1) is 17.8 Å². The second-order valence-electron chi connectivity index (χ2n) is 7.74. The first-order chi connectivity index (χ1) is 10.5. The summed E-state index contributed by atoms with van der Waals surface area (Å²) in [6.07, 6.45) is 5.77. The van der Waals surface area contributed by atoms with Gasteiger partial charge in [-0.1, -0.05) is 13.8 Å². The fourth-order valence-corrected chi connectivity index (χ4v) is 4.09. The lowest BCUT2D eigenvalue weighted by Gasteiger charge is -2.33. The van der Waals surface area contributed by atoms with Gasteiger partial charge in [-0.2, -0.15) is 0 Å². The molecular weight excluding hydrogens is 274 g/mol. The molecular formula is C18H35N3O. The third-order valence-corrected chi connectivity index (χ3v) is 5.38. The molecule has 0 bridgehead atoms. The molecule has 0 radical (unpaired) electrons. The lowest BCUT2D eigenvalue weighted by molar-refractivity contribution is -0.123. The van der Waals surface area contributed by atoms with Gasteiger partial charge in [-0.05, 0) is 70.0 Å². The number of piperidine rings is 2. The predicted octanol–water partition coefficient (Wildman–Crippen LogP) is 2.25. The van der Waals surface area contributed by atoms with Crippen LogP contribution in [0.5, 0.6) is 0 Å². The van der Waals surface area contributed by atoms with E-state index < -0.39 is 0 Å². The Bertz CT molecular complexity index is 341. The van der Waals surface area contributed by atoms with E-state index in [1.165, 1.54) is 38.8 Å². The van der Waals surface area contributed by atoms with Crippen LogP contribution < -0.4 is 10.6 Å². The number of nitrogens with one attached hydrogen (secondary N) is 2. The zero-order chi connectivity index (χ0) is 15.9. The molecule has 2 rings (SSSR count). The van der Waals surface area contributed by atoms with Crippen molar-refractivity contribution in [2.45, 2.75) is 58.9 Å². The third kappa shape index (κ3) is 5.88. The van der Waals surface area contributed by atoms with Crippen molar-refractivity contribution in [3.8, 4) is 0 Å². The van der Waals surface area contributed by atoms with Gasteiger partial charge in [0.15, 0.2) is 0 Å². The molecule has 3 unspecified atom stereocenters. The number of likely N-dealkylation sites (tertiary alicyclic amines) is 1. The van der Waals surface area contributed by atoms with E-state index in [1.807, 2.05) is 0 Å². The van der Waals surface area contributed by atoms with E-state index >= 15 is 0 Å². The maximum atomic E-state index is 12.3. The van der Waals surface area contributed by atoms with Crippen molar-refractivity contribution >= 4 is 5.91 Å². The monoisotopic (exact) mass is 309 g/mol. The molecule has 4 heteroatoms. The number of carbonyl (C=O) groups is 1. The van der Waals surface area contributed by atoms with Crippen molar-refractivity contribution in [2.24, 2.45) is 17.8 Å². The van der Waals surface area contributed by atoms with Crippen molar-refractivity contribution < 1.29 is 4.79 Å². The molecule has 2 fully saturated rings. The van der Waals surface area contributed by atoms with Crippen LogP contribution in [0.15, 0.2) is 0 Å². The lowest BCUT2D eigenvalue weighted by Crippen LogP contribution is -2.45. The summed E-state index contributed by atoms with van der Waals surface area (Å²) in [7, 11) is 0. The number of hydrogen-bond acceptors (Lipinski definition) is 3.